The van der Waals surface area contributed by atoms with Gasteiger partial charge in [-0.2, -0.15) is 0 Å². The predicted octanol–water partition coefficient (Wildman–Crippen LogP) is 1.68. The quantitative estimate of drug-likeness (QED) is 0.567. The van der Waals surface area contributed by atoms with Crippen molar-refractivity contribution in [1.82, 2.24) is 0 Å². The van der Waals surface area contributed by atoms with Gasteiger partial charge >= 0.3 is 5.97 Å². The maximum absolute atomic E-state index is 11.5. The van der Waals surface area contributed by atoms with Gasteiger partial charge in [0, 0.05) is 0 Å². The van der Waals surface area contributed by atoms with Crippen LogP contribution in [0.4, 0.5) is 0 Å². The van der Waals surface area contributed by atoms with Crippen LogP contribution in [0.15, 0.2) is 11.6 Å². The van der Waals surface area contributed by atoms with E-state index in [9.17, 15) is 4.79 Å². The molecule has 0 aliphatic carbocycles. The van der Waals surface area contributed by atoms with Crippen LogP contribution in [-0.2, 0) is 33.2 Å². The number of esters is 1. The highest BCUT2D eigenvalue weighted by atomic mass is 35.5. The molecule has 23 heavy (non-hydrogen) atoms. The molecular weight excluding hydrogens is 328 g/mol. The summed E-state index contributed by atoms with van der Waals surface area (Å²) in [4.78, 5) is 11.5. The summed E-state index contributed by atoms with van der Waals surface area (Å²) in [5.41, 5.74) is 0. The van der Waals surface area contributed by atoms with Crippen molar-refractivity contribution in [2.75, 3.05) is 6.61 Å². The van der Waals surface area contributed by atoms with E-state index < -0.39 is 42.1 Å². The number of hydrogen-bond donors (Lipinski definition) is 0. The van der Waals surface area contributed by atoms with Crippen molar-refractivity contribution in [3.05, 3.63) is 11.6 Å². The van der Waals surface area contributed by atoms with E-state index in [0.717, 1.165) is 0 Å². The van der Waals surface area contributed by atoms with Crippen LogP contribution >= 0.6 is 11.6 Å². The monoisotopic (exact) mass is 348 g/mol. The molecule has 0 unspecified atom stereocenters. The summed E-state index contributed by atoms with van der Waals surface area (Å²) in [6.45, 7) is 10.5. The third-order valence-corrected chi connectivity index (χ3v) is 4.01. The minimum Gasteiger partial charge on any atom is -0.459 e. The Morgan fingerprint density at radius 1 is 1.04 bits per heavy atom. The lowest BCUT2D eigenvalue weighted by atomic mass is 9.99. The zero-order valence-corrected chi connectivity index (χ0v) is 14.3. The van der Waals surface area contributed by atoms with Crippen LogP contribution in [0, 0.1) is 0 Å². The minimum absolute atomic E-state index is 0.0435. The number of ether oxygens (including phenoxy) is 6. The van der Waals surface area contributed by atoms with Crippen LogP contribution in [0.25, 0.3) is 0 Å². The summed E-state index contributed by atoms with van der Waals surface area (Å²) in [5, 5.41) is -0.194. The molecule has 3 aliphatic heterocycles. The van der Waals surface area contributed by atoms with Crippen molar-refractivity contribution in [3.8, 4) is 0 Å². The first-order valence-corrected chi connectivity index (χ1v) is 7.84. The first-order chi connectivity index (χ1) is 10.6. The van der Waals surface area contributed by atoms with Gasteiger partial charge in [-0.15, -0.1) is 0 Å². The Hall–Kier alpha value is -0.700. The van der Waals surface area contributed by atoms with Crippen LogP contribution in [0.3, 0.4) is 0 Å². The molecule has 130 valence electrons. The first-order valence-electron chi connectivity index (χ1n) is 7.46. The summed E-state index contributed by atoms with van der Waals surface area (Å²) in [7, 11) is 0. The van der Waals surface area contributed by atoms with Crippen LogP contribution < -0.4 is 0 Å². The second-order valence-corrected chi connectivity index (χ2v) is 7.17. The summed E-state index contributed by atoms with van der Waals surface area (Å²) in [6.07, 6.45) is -2.41. The standard InChI is InChI=1S/C15H21ClO7/c1-7(16)12(17)18-6-8-9-10(21-14(2,3)20-9)11-13(19-8)23-15(4,5)22-11/h8-11,13H,1,6H2,2-5H3/t8-,9+,10+,11-,13-/m1/s1. The largest absolute Gasteiger partial charge is 0.459 e. The van der Waals surface area contributed by atoms with E-state index in [1.165, 1.54) is 0 Å². The molecule has 7 nitrogen and oxygen atoms in total. The van der Waals surface area contributed by atoms with Crippen LogP contribution in [0.5, 0.6) is 0 Å². The Kier molecular flexibility index (Phi) is 4.23. The van der Waals surface area contributed by atoms with Gasteiger partial charge in [-0.05, 0) is 27.7 Å². The van der Waals surface area contributed by atoms with Crippen molar-refractivity contribution >= 4 is 17.6 Å². The number of fused-ring (bicyclic) bond motifs is 3. The molecule has 3 aliphatic rings. The highest BCUT2D eigenvalue weighted by Crippen LogP contribution is 2.44. The van der Waals surface area contributed by atoms with E-state index in [2.05, 4.69) is 6.58 Å². The van der Waals surface area contributed by atoms with E-state index in [1.807, 2.05) is 13.8 Å². The van der Waals surface area contributed by atoms with Crippen LogP contribution in [0.2, 0.25) is 0 Å². The Labute approximate surface area is 139 Å². The fourth-order valence-corrected chi connectivity index (χ4v) is 3.12. The topological polar surface area (TPSA) is 72.5 Å². The predicted molar refractivity (Wildman–Crippen MR) is 78.5 cm³/mol. The maximum atomic E-state index is 11.5. The van der Waals surface area contributed by atoms with Crippen molar-refractivity contribution in [3.63, 3.8) is 0 Å². The molecule has 5 atom stereocenters. The number of rotatable bonds is 3. The van der Waals surface area contributed by atoms with Gasteiger partial charge in [0.05, 0.1) is 0 Å². The first kappa shape index (κ1) is 17.1. The van der Waals surface area contributed by atoms with Gasteiger partial charge in [-0.25, -0.2) is 4.79 Å². The normalized spacial score (nSPS) is 40.3. The third kappa shape index (κ3) is 3.40. The summed E-state index contributed by atoms with van der Waals surface area (Å²) >= 11 is 5.52. The maximum Gasteiger partial charge on any atom is 0.349 e. The van der Waals surface area contributed by atoms with E-state index in [-0.39, 0.29) is 17.7 Å². The Bertz CT molecular complexity index is 518. The molecular formula is C15H21ClO7. The number of carbonyl (C=O) groups is 1. The molecule has 0 aromatic heterocycles. The number of halogens is 1. The Balaban J connectivity index is 1.76. The molecule has 0 aromatic rings. The molecule has 3 heterocycles. The second kappa shape index (κ2) is 5.68. The molecule has 0 radical (unpaired) electrons. The summed E-state index contributed by atoms with van der Waals surface area (Å²) in [5.74, 6) is -2.27. The highest BCUT2D eigenvalue weighted by molar-refractivity contribution is 6.40. The zero-order chi connectivity index (χ0) is 17.0. The van der Waals surface area contributed by atoms with E-state index in [4.69, 9.17) is 40.0 Å². The van der Waals surface area contributed by atoms with Crippen molar-refractivity contribution in [2.24, 2.45) is 0 Å². The molecule has 0 aromatic carbocycles. The van der Waals surface area contributed by atoms with E-state index >= 15 is 0 Å². The molecule has 8 heteroatoms. The van der Waals surface area contributed by atoms with Gasteiger partial charge in [0.1, 0.15) is 36.1 Å². The van der Waals surface area contributed by atoms with E-state index in [0.29, 0.717) is 0 Å². The fourth-order valence-electron chi connectivity index (χ4n) is 3.06. The van der Waals surface area contributed by atoms with E-state index in [1.54, 1.807) is 13.8 Å². The highest BCUT2D eigenvalue weighted by Gasteiger charge is 2.60. The molecule has 0 spiro atoms. The minimum atomic E-state index is -0.790. The van der Waals surface area contributed by atoms with Crippen LogP contribution in [0.1, 0.15) is 27.7 Å². The Morgan fingerprint density at radius 2 is 1.61 bits per heavy atom. The van der Waals surface area contributed by atoms with Crippen molar-refractivity contribution < 1.29 is 33.2 Å². The smallest absolute Gasteiger partial charge is 0.349 e. The summed E-state index contributed by atoms with van der Waals surface area (Å²) < 4.78 is 34.5. The average molecular weight is 349 g/mol. The lowest BCUT2D eigenvalue weighted by Crippen LogP contribution is -2.56. The van der Waals surface area contributed by atoms with Crippen LogP contribution in [-0.4, -0.2) is 54.9 Å². The molecule has 3 saturated heterocycles. The van der Waals surface area contributed by atoms with Gasteiger partial charge in [-0.1, -0.05) is 18.2 Å². The molecule has 0 amide bonds. The van der Waals surface area contributed by atoms with Gasteiger partial charge in [-0.3, -0.25) is 0 Å². The number of carbonyl (C=O) groups excluding carboxylic acids is 1. The Morgan fingerprint density at radius 3 is 2.26 bits per heavy atom. The fraction of sp³-hybridized carbons (Fsp3) is 0.800. The molecule has 3 rings (SSSR count). The lowest BCUT2D eigenvalue weighted by Gasteiger charge is -2.36. The van der Waals surface area contributed by atoms with Crippen molar-refractivity contribution in [2.45, 2.75) is 70.0 Å². The number of hydrogen-bond acceptors (Lipinski definition) is 7. The lowest BCUT2D eigenvalue weighted by molar-refractivity contribution is -0.242. The van der Waals surface area contributed by atoms with Gasteiger partial charge in [0.15, 0.2) is 17.9 Å². The van der Waals surface area contributed by atoms with Gasteiger partial charge < -0.3 is 28.4 Å². The van der Waals surface area contributed by atoms with Gasteiger partial charge in [0.25, 0.3) is 0 Å². The third-order valence-electron chi connectivity index (χ3n) is 3.85. The molecule has 3 fully saturated rings. The van der Waals surface area contributed by atoms with Gasteiger partial charge in [0.2, 0.25) is 0 Å². The molecule has 0 saturated carbocycles. The second-order valence-electron chi connectivity index (χ2n) is 6.71. The molecule has 0 N–H and O–H groups in total. The average Bonchev–Trinajstić information content (AvgIpc) is 2.89. The summed E-state index contributed by atoms with van der Waals surface area (Å²) in [6, 6.07) is 0. The van der Waals surface area contributed by atoms with Crippen molar-refractivity contribution in [1.29, 1.82) is 0 Å². The molecule has 0 bridgehead atoms. The zero-order valence-electron chi connectivity index (χ0n) is 13.5. The SMILES string of the molecule is C=C(Cl)C(=O)OC[C@H]1O[C@@H]2OC(C)(C)O[C@@H]2[C@H]2OC(C)(C)O[C@H]21.